The Hall–Kier alpha value is -2.92. The maximum Gasteiger partial charge on any atom is 0.255 e. The number of rotatable bonds is 5. The molecule has 0 radical (unpaired) electrons. The fraction of sp³-hybridized carbons (Fsp3) is 0.0556. The number of nitrogens with one attached hydrogen (secondary N) is 1. The van der Waals surface area contributed by atoms with Crippen molar-refractivity contribution in [1.82, 2.24) is 9.97 Å². The second-order valence-corrected chi connectivity index (χ2v) is 5.35. The Labute approximate surface area is 144 Å². The molecule has 0 spiro atoms. The van der Waals surface area contributed by atoms with Crippen molar-refractivity contribution in [1.29, 1.82) is 0 Å². The molecule has 0 unspecified atom stereocenters. The Balaban J connectivity index is 1.65. The number of amides is 1. The third-order valence-corrected chi connectivity index (χ3v) is 3.53. The van der Waals surface area contributed by atoms with Crippen molar-refractivity contribution >= 4 is 23.2 Å². The molecule has 0 saturated heterocycles. The van der Waals surface area contributed by atoms with Gasteiger partial charge >= 0.3 is 0 Å². The van der Waals surface area contributed by atoms with E-state index in [2.05, 4.69) is 15.3 Å². The van der Waals surface area contributed by atoms with Crippen LogP contribution in [0.25, 0.3) is 0 Å². The van der Waals surface area contributed by atoms with Crippen molar-refractivity contribution in [2.45, 2.75) is 6.61 Å². The van der Waals surface area contributed by atoms with Gasteiger partial charge in [-0.05, 0) is 42.5 Å². The van der Waals surface area contributed by atoms with Crippen molar-refractivity contribution in [2.75, 3.05) is 5.32 Å². The number of ether oxygens (including phenoxy) is 1. The van der Waals surface area contributed by atoms with E-state index in [0.29, 0.717) is 28.6 Å². The van der Waals surface area contributed by atoms with E-state index in [1.165, 1.54) is 0 Å². The first-order chi connectivity index (χ1) is 11.7. The molecule has 6 heteroatoms. The maximum absolute atomic E-state index is 12.1. The molecule has 2 aromatic heterocycles. The Kier molecular flexibility index (Phi) is 5.03. The van der Waals surface area contributed by atoms with E-state index in [1.807, 2.05) is 18.2 Å². The average molecular weight is 340 g/mol. The minimum absolute atomic E-state index is 0.226. The molecule has 0 atom stereocenters. The summed E-state index contributed by atoms with van der Waals surface area (Å²) in [5, 5.41) is 3.20. The van der Waals surface area contributed by atoms with Gasteiger partial charge in [0.2, 0.25) is 0 Å². The van der Waals surface area contributed by atoms with Crippen LogP contribution in [0.4, 0.5) is 5.69 Å². The van der Waals surface area contributed by atoms with Gasteiger partial charge in [-0.25, -0.2) is 0 Å². The molecule has 0 aliphatic rings. The van der Waals surface area contributed by atoms with E-state index < -0.39 is 0 Å². The number of aromatic nitrogens is 2. The number of anilines is 1. The molecular formula is C18H14ClN3O2. The van der Waals surface area contributed by atoms with Crippen LogP contribution in [-0.4, -0.2) is 15.9 Å². The highest BCUT2D eigenvalue weighted by Gasteiger charge is 2.08. The first kappa shape index (κ1) is 16.0. The van der Waals surface area contributed by atoms with Gasteiger partial charge in [-0.1, -0.05) is 17.7 Å². The predicted molar refractivity (Wildman–Crippen MR) is 92.2 cm³/mol. The molecule has 0 fully saturated rings. The lowest BCUT2D eigenvalue weighted by Gasteiger charge is -2.10. The van der Waals surface area contributed by atoms with Crippen molar-refractivity contribution in [2.24, 2.45) is 0 Å². The van der Waals surface area contributed by atoms with Crippen molar-refractivity contribution in [3.05, 3.63) is 83.4 Å². The number of halogens is 1. The van der Waals surface area contributed by atoms with Crippen LogP contribution in [0.5, 0.6) is 5.75 Å². The van der Waals surface area contributed by atoms with Crippen LogP contribution in [0.2, 0.25) is 5.02 Å². The first-order valence-corrected chi connectivity index (χ1v) is 7.64. The summed E-state index contributed by atoms with van der Waals surface area (Å²) < 4.78 is 5.65. The molecule has 0 saturated carbocycles. The van der Waals surface area contributed by atoms with Gasteiger partial charge in [0, 0.05) is 29.8 Å². The zero-order chi connectivity index (χ0) is 16.8. The fourth-order valence-electron chi connectivity index (χ4n) is 2.04. The fourth-order valence-corrected chi connectivity index (χ4v) is 2.27. The van der Waals surface area contributed by atoms with Crippen LogP contribution < -0.4 is 10.1 Å². The molecule has 0 bridgehead atoms. The van der Waals surface area contributed by atoms with Gasteiger partial charge in [-0.15, -0.1) is 0 Å². The molecule has 1 aromatic carbocycles. The van der Waals surface area contributed by atoms with E-state index in [0.717, 1.165) is 5.69 Å². The summed E-state index contributed by atoms with van der Waals surface area (Å²) in [6, 6.07) is 14.0. The normalized spacial score (nSPS) is 10.2. The van der Waals surface area contributed by atoms with Crippen LogP contribution in [-0.2, 0) is 6.61 Å². The SMILES string of the molecule is O=C(Nc1ccc(OCc2ccccn2)c(Cl)c1)c1ccncc1. The molecule has 0 aliphatic heterocycles. The average Bonchev–Trinajstić information content (AvgIpc) is 2.62. The van der Waals surface area contributed by atoms with E-state index in [-0.39, 0.29) is 5.91 Å². The molecule has 0 aliphatic carbocycles. The highest BCUT2D eigenvalue weighted by molar-refractivity contribution is 6.32. The van der Waals surface area contributed by atoms with Gasteiger partial charge in [-0.2, -0.15) is 0 Å². The van der Waals surface area contributed by atoms with Gasteiger partial charge in [0.25, 0.3) is 5.91 Å². The Bertz CT molecular complexity index is 826. The summed E-state index contributed by atoms with van der Waals surface area (Å²) in [5.41, 5.74) is 1.92. The van der Waals surface area contributed by atoms with Crippen molar-refractivity contribution in [3.8, 4) is 5.75 Å². The van der Waals surface area contributed by atoms with Crippen molar-refractivity contribution < 1.29 is 9.53 Å². The summed E-state index contributed by atoms with van der Waals surface area (Å²) in [7, 11) is 0. The van der Waals surface area contributed by atoms with Gasteiger partial charge in [0.05, 0.1) is 10.7 Å². The van der Waals surface area contributed by atoms with E-state index >= 15 is 0 Å². The van der Waals surface area contributed by atoms with Gasteiger partial charge in [0.15, 0.2) is 0 Å². The standard InChI is InChI=1S/C18H14ClN3O2/c19-16-11-14(22-18(23)13-6-9-20-10-7-13)4-5-17(16)24-12-15-3-1-2-8-21-15/h1-11H,12H2,(H,22,23). The van der Waals surface area contributed by atoms with Gasteiger partial charge < -0.3 is 10.1 Å². The zero-order valence-corrected chi connectivity index (χ0v) is 13.4. The lowest BCUT2D eigenvalue weighted by Crippen LogP contribution is -2.11. The lowest BCUT2D eigenvalue weighted by atomic mass is 10.2. The summed E-state index contributed by atoms with van der Waals surface area (Å²) in [6.45, 7) is 0.323. The zero-order valence-electron chi connectivity index (χ0n) is 12.6. The molecule has 1 amide bonds. The quantitative estimate of drug-likeness (QED) is 0.764. The van der Waals surface area contributed by atoms with Crippen LogP contribution >= 0.6 is 11.6 Å². The van der Waals surface area contributed by atoms with Gasteiger partial charge in [-0.3, -0.25) is 14.8 Å². The molecule has 1 N–H and O–H groups in total. The van der Waals surface area contributed by atoms with Gasteiger partial charge in [0.1, 0.15) is 12.4 Å². The van der Waals surface area contributed by atoms with E-state index in [9.17, 15) is 4.79 Å². The highest BCUT2D eigenvalue weighted by atomic mass is 35.5. The number of benzene rings is 1. The second kappa shape index (κ2) is 7.57. The molecule has 5 nitrogen and oxygen atoms in total. The van der Waals surface area contributed by atoms with E-state index in [4.69, 9.17) is 16.3 Å². The monoisotopic (exact) mass is 339 g/mol. The van der Waals surface area contributed by atoms with Crippen LogP contribution in [0, 0.1) is 0 Å². The highest BCUT2D eigenvalue weighted by Crippen LogP contribution is 2.28. The minimum atomic E-state index is -0.226. The Morgan fingerprint density at radius 2 is 1.92 bits per heavy atom. The molecule has 120 valence electrons. The summed E-state index contributed by atoms with van der Waals surface area (Å²) in [4.78, 5) is 20.2. The molecule has 3 rings (SSSR count). The van der Waals surface area contributed by atoms with Crippen molar-refractivity contribution in [3.63, 3.8) is 0 Å². The number of hydrogen-bond donors (Lipinski definition) is 1. The molecular weight excluding hydrogens is 326 g/mol. The van der Waals surface area contributed by atoms with Crippen LogP contribution in [0.1, 0.15) is 16.1 Å². The topological polar surface area (TPSA) is 64.1 Å². The number of nitrogens with zero attached hydrogens (tertiary/aromatic N) is 2. The molecule has 24 heavy (non-hydrogen) atoms. The summed E-state index contributed by atoms with van der Waals surface area (Å²) in [6.07, 6.45) is 4.84. The summed E-state index contributed by atoms with van der Waals surface area (Å²) in [5.74, 6) is 0.305. The third-order valence-electron chi connectivity index (χ3n) is 3.23. The van der Waals surface area contributed by atoms with Crippen LogP contribution in [0.3, 0.4) is 0 Å². The first-order valence-electron chi connectivity index (χ1n) is 7.26. The lowest BCUT2D eigenvalue weighted by molar-refractivity contribution is 0.102. The van der Waals surface area contributed by atoms with E-state index in [1.54, 1.807) is 48.9 Å². The number of pyridine rings is 2. The third kappa shape index (κ3) is 4.08. The number of carbonyl (C=O) groups excluding carboxylic acids is 1. The minimum Gasteiger partial charge on any atom is -0.486 e. The number of carbonyl (C=O) groups is 1. The predicted octanol–water partition coefficient (Wildman–Crippen LogP) is 3.96. The largest absolute Gasteiger partial charge is 0.486 e. The Morgan fingerprint density at radius 3 is 2.62 bits per heavy atom. The molecule has 2 heterocycles. The Morgan fingerprint density at radius 1 is 1.08 bits per heavy atom. The smallest absolute Gasteiger partial charge is 0.255 e. The second-order valence-electron chi connectivity index (χ2n) is 4.94. The number of hydrogen-bond acceptors (Lipinski definition) is 4. The maximum atomic E-state index is 12.1. The summed E-state index contributed by atoms with van der Waals surface area (Å²) >= 11 is 6.22. The van der Waals surface area contributed by atoms with Crippen LogP contribution in [0.15, 0.2) is 67.1 Å². The molecule has 3 aromatic rings.